The van der Waals surface area contributed by atoms with E-state index >= 15 is 0 Å². The highest BCUT2D eigenvalue weighted by molar-refractivity contribution is 6.53. The molecule has 1 aliphatic rings. The monoisotopic (exact) mass is 530 g/mol. The van der Waals surface area contributed by atoms with Crippen LogP contribution in [0.5, 0.6) is 5.75 Å². The SMILES string of the molecule is Cc1cc(OC(=O)c2ccc(NC3=C(Cl)C(=O)N(c4cccc5ccccc45)C3=O)cc2)cc(C)c1Cl. The number of hydrogen-bond acceptors (Lipinski definition) is 5. The number of halogens is 2. The second kappa shape index (κ2) is 9.73. The summed E-state index contributed by atoms with van der Waals surface area (Å²) in [6.07, 6.45) is 0. The summed E-state index contributed by atoms with van der Waals surface area (Å²) in [5, 5.41) is 4.99. The van der Waals surface area contributed by atoms with Crippen molar-refractivity contribution in [3.05, 3.63) is 111 Å². The van der Waals surface area contributed by atoms with Gasteiger partial charge in [-0.05, 0) is 72.8 Å². The lowest BCUT2D eigenvalue weighted by Gasteiger charge is -2.17. The van der Waals surface area contributed by atoms with Gasteiger partial charge in [0.1, 0.15) is 16.5 Å². The molecule has 0 radical (unpaired) electrons. The van der Waals surface area contributed by atoms with Crippen LogP contribution in [-0.4, -0.2) is 17.8 Å². The van der Waals surface area contributed by atoms with Crippen molar-refractivity contribution >= 4 is 63.1 Å². The highest BCUT2D eigenvalue weighted by Gasteiger charge is 2.39. The zero-order chi connectivity index (χ0) is 26.3. The number of amides is 2. The van der Waals surface area contributed by atoms with Gasteiger partial charge in [-0.25, -0.2) is 9.69 Å². The van der Waals surface area contributed by atoms with Crippen LogP contribution < -0.4 is 15.0 Å². The number of aryl methyl sites for hydroxylation is 2. The van der Waals surface area contributed by atoms with Crippen molar-refractivity contribution in [1.29, 1.82) is 0 Å². The van der Waals surface area contributed by atoms with E-state index in [0.29, 0.717) is 27.7 Å². The van der Waals surface area contributed by atoms with E-state index in [-0.39, 0.29) is 10.7 Å². The van der Waals surface area contributed by atoms with Gasteiger partial charge in [-0.2, -0.15) is 0 Å². The molecule has 6 nitrogen and oxygen atoms in total. The fourth-order valence-corrected chi connectivity index (χ4v) is 4.52. The van der Waals surface area contributed by atoms with E-state index in [9.17, 15) is 14.4 Å². The highest BCUT2D eigenvalue weighted by Crippen LogP contribution is 2.34. The maximum absolute atomic E-state index is 13.2. The third kappa shape index (κ3) is 4.57. The summed E-state index contributed by atoms with van der Waals surface area (Å²) in [6, 6.07) is 22.6. The molecule has 0 saturated carbocycles. The van der Waals surface area contributed by atoms with Crippen molar-refractivity contribution in [3.63, 3.8) is 0 Å². The Balaban J connectivity index is 1.34. The molecule has 184 valence electrons. The molecule has 2 amide bonds. The van der Waals surface area contributed by atoms with Gasteiger partial charge < -0.3 is 10.1 Å². The molecule has 5 rings (SSSR count). The molecule has 0 fully saturated rings. The fourth-order valence-electron chi connectivity index (χ4n) is 4.20. The number of anilines is 2. The highest BCUT2D eigenvalue weighted by atomic mass is 35.5. The van der Waals surface area contributed by atoms with Gasteiger partial charge in [0.05, 0.1) is 11.3 Å². The van der Waals surface area contributed by atoms with Crippen molar-refractivity contribution in [3.8, 4) is 5.75 Å². The quantitative estimate of drug-likeness (QED) is 0.175. The second-order valence-electron chi connectivity index (χ2n) is 8.60. The predicted octanol–water partition coefficient (Wildman–Crippen LogP) is 6.76. The first-order chi connectivity index (χ1) is 17.7. The summed E-state index contributed by atoms with van der Waals surface area (Å²) in [6.45, 7) is 3.67. The molecule has 0 aromatic heterocycles. The number of carbonyl (C=O) groups is 3. The molecule has 0 aliphatic carbocycles. The number of rotatable bonds is 5. The molecule has 8 heteroatoms. The van der Waals surface area contributed by atoms with Crippen molar-refractivity contribution in [2.24, 2.45) is 0 Å². The standard InChI is InChI=1S/C29H20Cl2N2O4/c1-16-14-21(15-17(2)24(16)30)37-29(36)19-10-12-20(13-11-19)32-26-25(31)27(34)33(28(26)35)23-9-5-7-18-6-3-4-8-22(18)23/h3-15,32H,1-2H3. The molecule has 0 spiro atoms. The Kier molecular flexibility index (Phi) is 6.46. The Labute approximate surface area is 223 Å². The maximum atomic E-state index is 13.2. The van der Waals surface area contributed by atoms with E-state index in [1.54, 1.807) is 48.5 Å². The Bertz CT molecular complexity index is 1600. The van der Waals surface area contributed by atoms with Gasteiger partial charge in [0.25, 0.3) is 11.8 Å². The summed E-state index contributed by atoms with van der Waals surface area (Å²) in [5.41, 5.74) is 2.81. The minimum absolute atomic E-state index is 0.0398. The van der Waals surface area contributed by atoms with Crippen LogP contribution in [0.4, 0.5) is 11.4 Å². The Morgan fingerprint density at radius 3 is 2.19 bits per heavy atom. The molecule has 0 saturated heterocycles. The summed E-state index contributed by atoms with van der Waals surface area (Å²) < 4.78 is 5.48. The van der Waals surface area contributed by atoms with E-state index in [1.165, 1.54) is 0 Å². The molecular weight excluding hydrogens is 511 g/mol. The lowest BCUT2D eigenvalue weighted by atomic mass is 10.1. The Hall–Kier alpha value is -4.13. The zero-order valence-electron chi connectivity index (χ0n) is 19.8. The fraction of sp³-hybridized carbons (Fsp3) is 0.0690. The second-order valence-corrected chi connectivity index (χ2v) is 9.35. The van der Waals surface area contributed by atoms with E-state index in [0.717, 1.165) is 26.8 Å². The van der Waals surface area contributed by atoms with E-state index in [1.807, 2.05) is 44.2 Å². The van der Waals surface area contributed by atoms with Gasteiger partial charge in [-0.15, -0.1) is 0 Å². The van der Waals surface area contributed by atoms with Crippen LogP contribution in [0.15, 0.2) is 89.6 Å². The number of nitrogens with zero attached hydrogens (tertiary/aromatic N) is 1. The predicted molar refractivity (Wildman–Crippen MR) is 145 cm³/mol. The third-order valence-electron chi connectivity index (χ3n) is 6.05. The Morgan fingerprint density at radius 1 is 0.838 bits per heavy atom. The van der Waals surface area contributed by atoms with E-state index < -0.39 is 17.8 Å². The first-order valence-corrected chi connectivity index (χ1v) is 12.1. The summed E-state index contributed by atoms with van der Waals surface area (Å²) >= 11 is 12.5. The van der Waals surface area contributed by atoms with Crippen molar-refractivity contribution in [2.45, 2.75) is 13.8 Å². The lowest BCUT2D eigenvalue weighted by Crippen LogP contribution is -2.32. The molecule has 1 N–H and O–H groups in total. The van der Waals surface area contributed by atoms with Crippen LogP contribution in [0, 0.1) is 13.8 Å². The molecule has 4 aromatic carbocycles. The first-order valence-electron chi connectivity index (χ1n) is 11.4. The number of benzene rings is 4. The van der Waals surface area contributed by atoms with Crippen molar-refractivity contribution in [1.82, 2.24) is 0 Å². The molecule has 0 atom stereocenters. The summed E-state index contributed by atoms with van der Waals surface area (Å²) in [4.78, 5) is 39.9. The van der Waals surface area contributed by atoms with E-state index in [4.69, 9.17) is 27.9 Å². The number of ether oxygens (including phenoxy) is 1. The largest absolute Gasteiger partial charge is 0.423 e. The minimum atomic E-state index is -0.612. The van der Waals surface area contributed by atoms with Gasteiger partial charge in [0.2, 0.25) is 0 Å². The topological polar surface area (TPSA) is 75.7 Å². The Morgan fingerprint density at radius 2 is 1.49 bits per heavy atom. The third-order valence-corrected chi connectivity index (χ3v) is 6.99. The van der Waals surface area contributed by atoms with Crippen LogP contribution in [0.25, 0.3) is 10.8 Å². The van der Waals surface area contributed by atoms with Gasteiger partial charge in [-0.1, -0.05) is 59.6 Å². The summed E-state index contributed by atoms with van der Waals surface area (Å²) in [7, 11) is 0. The maximum Gasteiger partial charge on any atom is 0.343 e. The average molecular weight is 531 g/mol. The smallest absolute Gasteiger partial charge is 0.343 e. The van der Waals surface area contributed by atoms with Crippen molar-refractivity contribution in [2.75, 3.05) is 10.2 Å². The van der Waals surface area contributed by atoms with E-state index in [2.05, 4.69) is 5.32 Å². The minimum Gasteiger partial charge on any atom is -0.423 e. The van der Waals surface area contributed by atoms with Gasteiger partial charge >= 0.3 is 5.97 Å². The van der Waals surface area contributed by atoms with Crippen LogP contribution in [-0.2, 0) is 9.59 Å². The molecule has 37 heavy (non-hydrogen) atoms. The van der Waals surface area contributed by atoms with Gasteiger partial charge in [0, 0.05) is 16.1 Å². The lowest BCUT2D eigenvalue weighted by molar-refractivity contribution is -0.120. The molecule has 1 aliphatic heterocycles. The van der Waals surface area contributed by atoms with Gasteiger partial charge in [0.15, 0.2) is 0 Å². The number of esters is 1. The zero-order valence-corrected chi connectivity index (χ0v) is 21.4. The first kappa shape index (κ1) is 24.6. The van der Waals surface area contributed by atoms with Crippen LogP contribution >= 0.6 is 23.2 Å². The summed E-state index contributed by atoms with van der Waals surface area (Å²) in [5.74, 6) is -1.33. The number of nitrogens with one attached hydrogen (secondary N) is 1. The van der Waals surface area contributed by atoms with Crippen molar-refractivity contribution < 1.29 is 19.1 Å². The van der Waals surface area contributed by atoms with Crippen LogP contribution in [0.3, 0.4) is 0 Å². The number of imide groups is 1. The average Bonchev–Trinajstić information content (AvgIpc) is 3.10. The normalized spacial score (nSPS) is 13.5. The van der Waals surface area contributed by atoms with Gasteiger partial charge in [-0.3, -0.25) is 9.59 Å². The molecule has 4 aromatic rings. The molecule has 0 bridgehead atoms. The number of carbonyl (C=O) groups excluding carboxylic acids is 3. The molecule has 1 heterocycles. The van der Waals surface area contributed by atoms with Crippen LogP contribution in [0.2, 0.25) is 5.02 Å². The molecule has 0 unspecified atom stereocenters. The number of fused-ring (bicyclic) bond motifs is 1. The van der Waals surface area contributed by atoms with Crippen LogP contribution in [0.1, 0.15) is 21.5 Å². The number of hydrogen-bond donors (Lipinski definition) is 1. The molecular formula is C29H20Cl2N2O4.